The van der Waals surface area contributed by atoms with Crippen LogP contribution in [0.3, 0.4) is 0 Å². The Morgan fingerprint density at radius 3 is 2.55 bits per heavy atom. The number of carbonyl (C=O) groups excluding carboxylic acids is 3. The number of alkyl halides is 3. The van der Waals surface area contributed by atoms with Crippen molar-refractivity contribution < 1.29 is 32.3 Å². The minimum absolute atomic E-state index is 0.0202. The largest absolute Gasteiger partial charge is 0.483 e. The summed E-state index contributed by atoms with van der Waals surface area (Å²) in [7, 11) is 0. The third kappa shape index (κ3) is 8.63. The molecule has 2 rings (SSSR count). The molecule has 0 radical (unpaired) electrons. The van der Waals surface area contributed by atoms with E-state index in [1.54, 1.807) is 18.2 Å². The van der Waals surface area contributed by atoms with E-state index in [2.05, 4.69) is 21.2 Å². The number of benzene rings is 2. The van der Waals surface area contributed by atoms with Gasteiger partial charge in [-0.25, -0.2) is 5.43 Å². The third-order valence-electron chi connectivity index (χ3n) is 4.14. The number of hydrogen-bond donors (Lipinski definition) is 3. The van der Waals surface area contributed by atoms with Crippen molar-refractivity contribution in [2.45, 2.75) is 25.9 Å². The molecule has 0 saturated heterocycles. The molecule has 0 unspecified atom stereocenters. The lowest BCUT2D eigenvalue weighted by Gasteiger charge is -2.11. The van der Waals surface area contributed by atoms with Crippen molar-refractivity contribution in [3.05, 3.63) is 59.7 Å². The van der Waals surface area contributed by atoms with E-state index >= 15 is 0 Å². The van der Waals surface area contributed by atoms with Gasteiger partial charge in [-0.1, -0.05) is 31.5 Å². The predicted molar refractivity (Wildman–Crippen MR) is 116 cm³/mol. The molecule has 0 saturated carbocycles. The van der Waals surface area contributed by atoms with Gasteiger partial charge in [-0.2, -0.15) is 18.3 Å². The van der Waals surface area contributed by atoms with Crippen molar-refractivity contribution in [2.75, 3.05) is 18.5 Å². The fourth-order valence-electron chi connectivity index (χ4n) is 2.50. The number of hydrogen-bond acceptors (Lipinski definition) is 5. The molecule has 0 atom stereocenters. The van der Waals surface area contributed by atoms with Gasteiger partial charge in [-0.15, -0.1) is 0 Å². The van der Waals surface area contributed by atoms with Crippen LogP contribution in [0.5, 0.6) is 5.75 Å². The summed E-state index contributed by atoms with van der Waals surface area (Å²) in [6.07, 6.45) is -1.68. The lowest BCUT2D eigenvalue weighted by atomic mass is 10.2. The average molecular weight is 464 g/mol. The molecule has 2 aromatic carbocycles. The molecule has 0 aromatic heterocycles. The van der Waals surface area contributed by atoms with E-state index in [0.29, 0.717) is 12.1 Å². The van der Waals surface area contributed by atoms with E-state index in [-0.39, 0.29) is 11.4 Å². The molecule has 0 aliphatic rings. The zero-order valence-electron chi connectivity index (χ0n) is 17.7. The van der Waals surface area contributed by atoms with Gasteiger partial charge in [-0.05, 0) is 36.8 Å². The molecule has 0 bridgehead atoms. The normalized spacial score (nSPS) is 11.2. The third-order valence-corrected chi connectivity index (χ3v) is 4.14. The Kier molecular flexibility index (Phi) is 9.40. The molecule has 33 heavy (non-hydrogen) atoms. The monoisotopic (exact) mass is 464 g/mol. The van der Waals surface area contributed by atoms with Crippen molar-refractivity contribution in [1.29, 1.82) is 0 Å². The highest BCUT2D eigenvalue weighted by Crippen LogP contribution is 2.30. The first kappa shape index (κ1) is 25.4. The Morgan fingerprint density at radius 2 is 1.82 bits per heavy atom. The van der Waals surface area contributed by atoms with Crippen LogP contribution < -0.4 is 20.8 Å². The molecule has 3 amide bonds. The molecule has 11 heteroatoms. The summed E-state index contributed by atoms with van der Waals surface area (Å²) in [6.45, 7) is 1.85. The molecule has 0 fully saturated rings. The highest BCUT2D eigenvalue weighted by Gasteiger charge is 2.30. The maximum Gasteiger partial charge on any atom is 0.416 e. The summed E-state index contributed by atoms with van der Waals surface area (Å²) >= 11 is 0. The minimum Gasteiger partial charge on any atom is -0.483 e. The van der Waals surface area contributed by atoms with Crippen LogP contribution in [-0.2, 0) is 20.6 Å². The summed E-state index contributed by atoms with van der Waals surface area (Å²) in [5, 5.41) is 8.49. The number of nitrogens with one attached hydrogen (secondary N) is 3. The van der Waals surface area contributed by atoms with E-state index in [4.69, 9.17) is 4.74 Å². The number of amides is 3. The first-order valence-electron chi connectivity index (χ1n) is 10.0. The quantitative estimate of drug-likeness (QED) is 0.229. The van der Waals surface area contributed by atoms with Crippen LogP contribution in [0.4, 0.5) is 18.9 Å². The van der Waals surface area contributed by atoms with Crippen LogP contribution in [0.15, 0.2) is 53.6 Å². The Morgan fingerprint density at radius 1 is 1.06 bits per heavy atom. The van der Waals surface area contributed by atoms with E-state index in [1.807, 2.05) is 6.92 Å². The number of carbonyl (C=O) groups is 3. The first-order chi connectivity index (χ1) is 15.7. The summed E-state index contributed by atoms with van der Waals surface area (Å²) in [6, 6.07) is 10.7. The summed E-state index contributed by atoms with van der Waals surface area (Å²) < 4.78 is 43.8. The van der Waals surface area contributed by atoms with E-state index in [0.717, 1.165) is 25.0 Å². The predicted octanol–water partition coefficient (Wildman–Crippen LogP) is 3.09. The van der Waals surface area contributed by atoms with Crippen LogP contribution >= 0.6 is 0 Å². The van der Waals surface area contributed by atoms with E-state index in [9.17, 15) is 27.6 Å². The van der Waals surface area contributed by atoms with Crippen LogP contribution in [0.2, 0.25) is 0 Å². The number of ether oxygens (including phenoxy) is 1. The molecular weight excluding hydrogens is 441 g/mol. The zero-order valence-corrected chi connectivity index (χ0v) is 17.7. The lowest BCUT2D eigenvalue weighted by Crippen LogP contribution is -2.38. The number of unbranched alkanes of at least 4 members (excludes halogenated alkanes) is 1. The second-order valence-electron chi connectivity index (χ2n) is 6.76. The van der Waals surface area contributed by atoms with Crippen LogP contribution in [0.1, 0.15) is 30.9 Å². The molecule has 176 valence electrons. The number of nitrogens with zero attached hydrogens (tertiary/aromatic N) is 1. The maximum absolute atomic E-state index is 12.8. The Bertz CT molecular complexity index is 1010. The number of para-hydroxylation sites is 1. The molecule has 0 aliphatic heterocycles. The van der Waals surface area contributed by atoms with Crippen molar-refractivity contribution >= 4 is 29.6 Å². The molecule has 0 heterocycles. The Hall–Kier alpha value is -3.89. The Balaban J connectivity index is 1.91. The van der Waals surface area contributed by atoms with Crippen LogP contribution in [-0.4, -0.2) is 37.1 Å². The highest BCUT2D eigenvalue weighted by molar-refractivity contribution is 6.35. The maximum atomic E-state index is 12.8. The molecular formula is C22H23F3N4O4. The number of rotatable bonds is 9. The van der Waals surface area contributed by atoms with Gasteiger partial charge in [0.15, 0.2) is 6.61 Å². The molecule has 2 aromatic rings. The van der Waals surface area contributed by atoms with Crippen molar-refractivity contribution in [3.8, 4) is 5.75 Å². The van der Waals surface area contributed by atoms with Crippen LogP contribution in [0.25, 0.3) is 0 Å². The number of hydrazone groups is 1. The first-order valence-corrected chi connectivity index (χ1v) is 10.0. The highest BCUT2D eigenvalue weighted by atomic mass is 19.4. The molecule has 0 aliphatic carbocycles. The summed E-state index contributed by atoms with van der Waals surface area (Å²) in [5.74, 6) is -2.17. The average Bonchev–Trinajstić information content (AvgIpc) is 2.78. The van der Waals surface area contributed by atoms with Gasteiger partial charge in [0.05, 0.1) is 11.8 Å². The fourth-order valence-corrected chi connectivity index (χ4v) is 2.50. The van der Waals surface area contributed by atoms with Gasteiger partial charge in [0.1, 0.15) is 5.75 Å². The fraction of sp³-hybridized carbons (Fsp3) is 0.273. The van der Waals surface area contributed by atoms with Crippen molar-refractivity contribution in [2.24, 2.45) is 5.10 Å². The molecule has 3 N–H and O–H groups in total. The van der Waals surface area contributed by atoms with Crippen LogP contribution in [0, 0.1) is 0 Å². The second-order valence-corrected chi connectivity index (χ2v) is 6.76. The van der Waals surface area contributed by atoms with Gasteiger partial charge < -0.3 is 15.4 Å². The molecule has 0 spiro atoms. The lowest BCUT2D eigenvalue weighted by molar-refractivity contribution is -0.139. The van der Waals surface area contributed by atoms with Gasteiger partial charge in [0.25, 0.3) is 5.91 Å². The van der Waals surface area contributed by atoms with Gasteiger partial charge in [0, 0.05) is 17.8 Å². The smallest absolute Gasteiger partial charge is 0.416 e. The van der Waals surface area contributed by atoms with Crippen molar-refractivity contribution in [3.63, 3.8) is 0 Å². The van der Waals surface area contributed by atoms with Crippen molar-refractivity contribution in [1.82, 2.24) is 10.7 Å². The van der Waals surface area contributed by atoms with Gasteiger partial charge in [0.2, 0.25) is 0 Å². The minimum atomic E-state index is -4.53. The molecule has 8 nitrogen and oxygen atoms in total. The van der Waals surface area contributed by atoms with Gasteiger partial charge >= 0.3 is 18.0 Å². The zero-order chi connectivity index (χ0) is 24.3. The summed E-state index contributed by atoms with van der Waals surface area (Å²) in [5.41, 5.74) is 1.59. The number of anilines is 1. The standard InChI is InChI=1S/C22H23F3N4O4/c1-2-3-11-26-20(31)21(32)29-27-13-15-7-4-5-10-18(15)33-14-19(30)28-17-9-6-8-16(12-17)22(23,24)25/h4-10,12-13H,2-3,11,14H2,1H3,(H,26,31)(H,28,30)(H,29,32)/b27-13-. The summed E-state index contributed by atoms with van der Waals surface area (Å²) in [4.78, 5) is 35.4. The van der Waals surface area contributed by atoms with E-state index in [1.165, 1.54) is 24.4 Å². The van der Waals surface area contributed by atoms with E-state index < -0.39 is 36.1 Å². The number of halogens is 3. The SMILES string of the molecule is CCCCNC(=O)C(=O)N/N=C\c1ccccc1OCC(=O)Nc1cccc(C(F)(F)F)c1. The van der Waals surface area contributed by atoms with Gasteiger partial charge in [-0.3, -0.25) is 14.4 Å². The Labute approximate surface area is 188 Å². The second kappa shape index (κ2) is 12.2. The topological polar surface area (TPSA) is 109 Å².